The zero-order chi connectivity index (χ0) is 27.1. The molecule has 0 fully saturated rings. The molecule has 2 aromatic rings. The van der Waals surface area contributed by atoms with E-state index in [2.05, 4.69) is 10.6 Å². The number of dihydropyridines is 1. The topological polar surface area (TPSA) is 76.7 Å². The second kappa shape index (κ2) is 9.61. The van der Waals surface area contributed by atoms with Crippen molar-refractivity contribution in [1.29, 1.82) is 0 Å². The third kappa shape index (κ3) is 5.08. The lowest BCUT2D eigenvalue weighted by Crippen LogP contribution is -2.39. The predicted molar refractivity (Wildman–Crippen MR) is 133 cm³/mol. The second-order valence-electron chi connectivity index (χ2n) is 10.0. The highest BCUT2D eigenvalue weighted by Gasteiger charge is 2.44. The molecule has 0 bridgehead atoms. The average molecular weight is 515 g/mol. The summed E-state index contributed by atoms with van der Waals surface area (Å²) in [4.78, 5) is 27.2. The van der Waals surface area contributed by atoms with Crippen LogP contribution in [0.4, 0.5) is 18.9 Å². The molecule has 4 rings (SSSR count). The maximum atomic E-state index is 13.7. The van der Waals surface area contributed by atoms with Crippen molar-refractivity contribution in [2.24, 2.45) is 5.41 Å². The molecule has 1 atom stereocenters. The van der Waals surface area contributed by atoms with Gasteiger partial charge in [0.1, 0.15) is 11.5 Å². The highest BCUT2D eigenvalue weighted by molar-refractivity contribution is 6.10. The summed E-state index contributed by atoms with van der Waals surface area (Å²) in [5.74, 6) is -0.850. The minimum absolute atomic E-state index is 0.135. The van der Waals surface area contributed by atoms with Crippen LogP contribution < -0.4 is 20.1 Å². The Morgan fingerprint density at radius 3 is 2.43 bits per heavy atom. The van der Waals surface area contributed by atoms with Gasteiger partial charge in [-0.2, -0.15) is 13.2 Å². The van der Waals surface area contributed by atoms with Crippen molar-refractivity contribution in [3.63, 3.8) is 0 Å². The third-order valence-electron chi connectivity index (χ3n) is 6.71. The summed E-state index contributed by atoms with van der Waals surface area (Å²) in [5, 5.41) is 5.66. The first-order chi connectivity index (χ1) is 17.4. The van der Waals surface area contributed by atoms with E-state index in [4.69, 9.17) is 9.47 Å². The Labute approximate surface area is 213 Å². The number of ketones is 1. The second-order valence-corrected chi connectivity index (χ2v) is 10.0. The number of halogens is 3. The number of allylic oxidation sites excluding steroid dienone is 3. The summed E-state index contributed by atoms with van der Waals surface area (Å²) < 4.78 is 51.9. The van der Waals surface area contributed by atoms with Crippen molar-refractivity contribution >= 4 is 17.4 Å². The molecule has 1 amide bonds. The quantitative estimate of drug-likeness (QED) is 0.515. The molecule has 2 N–H and O–H groups in total. The van der Waals surface area contributed by atoms with Crippen molar-refractivity contribution in [3.8, 4) is 11.5 Å². The van der Waals surface area contributed by atoms with Gasteiger partial charge in [-0.15, -0.1) is 0 Å². The molecule has 196 valence electrons. The fraction of sp³-hybridized carbons (Fsp3) is 0.357. The molecule has 1 aliphatic carbocycles. The van der Waals surface area contributed by atoms with Crippen molar-refractivity contribution in [2.75, 3.05) is 19.5 Å². The molecular weight excluding hydrogens is 485 g/mol. The number of hydrogen-bond donors (Lipinski definition) is 2. The molecule has 6 nitrogen and oxygen atoms in total. The van der Waals surface area contributed by atoms with Crippen LogP contribution in [-0.4, -0.2) is 25.9 Å². The maximum absolute atomic E-state index is 13.7. The number of benzene rings is 2. The van der Waals surface area contributed by atoms with Crippen LogP contribution in [-0.2, 0) is 15.8 Å². The molecule has 0 saturated carbocycles. The number of amides is 1. The van der Waals surface area contributed by atoms with E-state index in [1.807, 2.05) is 13.8 Å². The molecule has 1 heterocycles. The first kappa shape index (κ1) is 26.3. The number of carbonyl (C=O) groups excluding carboxylic acids is 2. The van der Waals surface area contributed by atoms with Gasteiger partial charge in [0.05, 0.1) is 31.4 Å². The van der Waals surface area contributed by atoms with E-state index >= 15 is 0 Å². The molecule has 1 aliphatic heterocycles. The fourth-order valence-corrected chi connectivity index (χ4v) is 5.14. The van der Waals surface area contributed by atoms with Crippen molar-refractivity contribution in [1.82, 2.24) is 5.32 Å². The number of alkyl halides is 3. The van der Waals surface area contributed by atoms with E-state index in [0.717, 1.165) is 6.07 Å². The third-order valence-corrected chi connectivity index (χ3v) is 6.71. The zero-order valence-electron chi connectivity index (χ0n) is 21.3. The Bertz CT molecular complexity index is 1320. The van der Waals surface area contributed by atoms with Crippen LogP contribution >= 0.6 is 0 Å². The van der Waals surface area contributed by atoms with E-state index in [9.17, 15) is 22.8 Å². The lowest BCUT2D eigenvalue weighted by molar-refractivity contribution is -0.137. The van der Waals surface area contributed by atoms with E-state index in [0.29, 0.717) is 40.5 Å². The molecule has 0 saturated heterocycles. The van der Waals surface area contributed by atoms with Gasteiger partial charge in [-0.3, -0.25) is 9.59 Å². The number of methoxy groups -OCH3 is 2. The minimum Gasteiger partial charge on any atom is -0.497 e. The largest absolute Gasteiger partial charge is 0.497 e. The van der Waals surface area contributed by atoms with Crippen molar-refractivity contribution in [2.45, 2.75) is 45.7 Å². The summed E-state index contributed by atoms with van der Waals surface area (Å²) in [6.07, 6.45) is -3.82. The Balaban J connectivity index is 1.89. The van der Waals surface area contributed by atoms with Crippen LogP contribution in [0.5, 0.6) is 11.5 Å². The van der Waals surface area contributed by atoms with E-state index in [1.165, 1.54) is 32.4 Å². The lowest BCUT2D eigenvalue weighted by atomic mass is 9.68. The lowest BCUT2D eigenvalue weighted by Gasteiger charge is -2.40. The molecule has 0 spiro atoms. The standard InChI is InChI=1S/C28H29F3N2O4/c1-15-23(26(35)33-19-9-7-6-8-18(19)28(29,30)31)24(17-12-16(36-4)10-11-22(17)37-5)25-20(32-15)13-27(2,3)14-21(25)34/h6-12,24,32H,13-14H2,1-5H3,(H,33,35)/t24-/m0/s1. The van der Waals surface area contributed by atoms with Gasteiger partial charge in [0.25, 0.3) is 5.91 Å². The van der Waals surface area contributed by atoms with Gasteiger partial charge in [-0.05, 0) is 49.1 Å². The number of nitrogens with one attached hydrogen (secondary N) is 2. The molecule has 0 radical (unpaired) electrons. The van der Waals surface area contributed by atoms with Crippen molar-refractivity contribution < 1.29 is 32.2 Å². The van der Waals surface area contributed by atoms with E-state index in [-0.39, 0.29) is 28.9 Å². The number of hydrogen-bond acceptors (Lipinski definition) is 5. The van der Waals surface area contributed by atoms with Gasteiger partial charge in [0.2, 0.25) is 0 Å². The van der Waals surface area contributed by atoms with Gasteiger partial charge in [-0.1, -0.05) is 26.0 Å². The molecule has 0 aromatic heterocycles. The minimum atomic E-state index is -4.66. The summed E-state index contributed by atoms with van der Waals surface area (Å²) in [7, 11) is 2.97. The van der Waals surface area contributed by atoms with Crippen LogP contribution in [0, 0.1) is 5.41 Å². The maximum Gasteiger partial charge on any atom is 0.418 e. The predicted octanol–water partition coefficient (Wildman–Crippen LogP) is 5.97. The number of para-hydroxylation sites is 1. The Morgan fingerprint density at radius 2 is 1.78 bits per heavy atom. The van der Waals surface area contributed by atoms with Gasteiger partial charge < -0.3 is 20.1 Å². The number of anilines is 1. The van der Waals surface area contributed by atoms with E-state index < -0.39 is 23.6 Å². The summed E-state index contributed by atoms with van der Waals surface area (Å²) in [6, 6.07) is 9.85. The zero-order valence-corrected chi connectivity index (χ0v) is 21.3. The average Bonchev–Trinajstić information content (AvgIpc) is 2.81. The highest BCUT2D eigenvalue weighted by Crippen LogP contribution is 2.49. The summed E-state index contributed by atoms with van der Waals surface area (Å²) >= 11 is 0. The number of ether oxygens (including phenoxy) is 2. The van der Waals surface area contributed by atoms with Crippen LogP contribution in [0.15, 0.2) is 65.0 Å². The van der Waals surface area contributed by atoms with Gasteiger partial charge >= 0.3 is 6.18 Å². The van der Waals surface area contributed by atoms with Crippen molar-refractivity contribution in [3.05, 3.63) is 76.1 Å². The molecule has 0 unspecified atom stereocenters. The monoisotopic (exact) mass is 514 g/mol. The normalized spacial score (nSPS) is 19.2. The first-order valence-electron chi connectivity index (χ1n) is 11.8. The Morgan fingerprint density at radius 1 is 1.08 bits per heavy atom. The van der Waals surface area contributed by atoms with Crippen LogP contribution in [0.3, 0.4) is 0 Å². The number of rotatable bonds is 5. The molecular formula is C28H29F3N2O4. The van der Waals surface area contributed by atoms with E-state index in [1.54, 1.807) is 25.1 Å². The molecule has 37 heavy (non-hydrogen) atoms. The van der Waals surface area contributed by atoms with Gasteiger partial charge in [-0.25, -0.2) is 0 Å². The van der Waals surface area contributed by atoms with Gasteiger partial charge in [0.15, 0.2) is 5.78 Å². The summed E-state index contributed by atoms with van der Waals surface area (Å²) in [5.41, 5.74) is 0.571. The molecule has 2 aliphatic rings. The van der Waals surface area contributed by atoms with Crippen LogP contribution in [0.25, 0.3) is 0 Å². The molecule has 9 heteroatoms. The number of carbonyl (C=O) groups is 2. The fourth-order valence-electron chi connectivity index (χ4n) is 5.14. The van der Waals surface area contributed by atoms with Crippen LogP contribution in [0.2, 0.25) is 0 Å². The van der Waals surface area contributed by atoms with Crippen LogP contribution in [0.1, 0.15) is 50.7 Å². The summed E-state index contributed by atoms with van der Waals surface area (Å²) in [6.45, 7) is 5.67. The van der Waals surface area contributed by atoms with Gasteiger partial charge in [0, 0.05) is 34.5 Å². The highest BCUT2D eigenvalue weighted by atomic mass is 19.4. The Kier molecular flexibility index (Phi) is 6.83. The first-order valence-corrected chi connectivity index (χ1v) is 11.8. The number of Topliss-reactive ketones (excluding diaryl/α,β-unsaturated/α-hetero) is 1. The smallest absolute Gasteiger partial charge is 0.418 e. The SMILES string of the molecule is COc1ccc(OC)c([C@H]2C(C(=O)Nc3ccccc3C(F)(F)F)=C(C)NC3=C2C(=O)CC(C)(C)C3)c1. The molecule has 2 aromatic carbocycles. The Hall–Kier alpha value is -3.75.